The van der Waals surface area contributed by atoms with Gasteiger partial charge in [-0.05, 0) is 30.4 Å². The van der Waals surface area contributed by atoms with E-state index in [0.717, 1.165) is 17.9 Å². The number of aromatic nitrogens is 2. The summed E-state index contributed by atoms with van der Waals surface area (Å²) in [7, 11) is 0. The standard InChI is InChI=1S/C21H26N4O/c22-20(26)19-10-17-8-4-5-9-18(17)14-25(19)13-15-11-23-21(24-12-15)16-6-2-1-3-7-16/h4-5,8-9,11-12,16,19H,1-3,6-7,10,13-14H2,(H2,22,26)/t19-/m1/s1. The van der Waals surface area contributed by atoms with Crippen LogP contribution in [0.2, 0.25) is 0 Å². The first-order valence-corrected chi connectivity index (χ1v) is 9.61. The van der Waals surface area contributed by atoms with Gasteiger partial charge >= 0.3 is 0 Å². The lowest BCUT2D eigenvalue weighted by Gasteiger charge is -2.35. The van der Waals surface area contributed by atoms with Gasteiger partial charge in [-0.2, -0.15) is 0 Å². The van der Waals surface area contributed by atoms with Gasteiger partial charge in [0.15, 0.2) is 0 Å². The molecule has 136 valence electrons. The van der Waals surface area contributed by atoms with Gasteiger partial charge in [0, 0.05) is 37.0 Å². The summed E-state index contributed by atoms with van der Waals surface area (Å²) in [5.41, 5.74) is 9.20. The molecule has 1 aromatic carbocycles. The highest BCUT2D eigenvalue weighted by molar-refractivity contribution is 5.80. The Bertz CT molecular complexity index is 768. The molecular weight excluding hydrogens is 324 g/mol. The molecule has 5 heteroatoms. The molecule has 1 aliphatic heterocycles. The number of hydrogen-bond acceptors (Lipinski definition) is 4. The Kier molecular flexibility index (Phi) is 4.98. The quantitative estimate of drug-likeness (QED) is 0.920. The van der Waals surface area contributed by atoms with Crippen LogP contribution in [-0.4, -0.2) is 26.8 Å². The van der Waals surface area contributed by atoms with Crippen molar-refractivity contribution in [3.8, 4) is 0 Å². The Hall–Kier alpha value is -2.27. The average Bonchev–Trinajstić information content (AvgIpc) is 2.68. The average molecular weight is 350 g/mol. The molecule has 4 rings (SSSR count). The maximum atomic E-state index is 12.0. The molecule has 2 heterocycles. The van der Waals surface area contributed by atoms with E-state index >= 15 is 0 Å². The van der Waals surface area contributed by atoms with Crippen LogP contribution < -0.4 is 5.73 Å². The van der Waals surface area contributed by atoms with Gasteiger partial charge in [-0.25, -0.2) is 9.97 Å². The van der Waals surface area contributed by atoms with Gasteiger partial charge in [0.2, 0.25) is 5.91 Å². The van der Waals surface area contributed by atoms with Crippen molar-refractivity contribution in [1.29, 1.82) is 0 Å². The Morgan fingerprint density at radius 1 is 1.08 bits per heavy atom. The first-order chi connectivity index (χ1) is 12.7. The molecule has 1 atom stereocenters. The molecule has 1 aromatic heterocycles. The maximum Gasteiger partial charge on any atom is 0.235 e. The number of carbonyl (C=O) groups is 1. The van der Waals surface area contributed by atoms with E-state index in [2.05, 4.69) is 27.0 Å². The molecular formula is C21H26N4O. The van der Waals surface area contributed by atoms with E-state index in [1.54, 1.807) is 0 Å². The molecule has 1 saturated carbocycles. The van der Waals surface area contributed by atoms with Gasteiger partial charge in [0.05, 0.1) is 6.04 Å². The summed E-state index contributed by atoms with van der Waals surface area (Å²) in [4.78, 5) is 23.4. The minimum Gasteiger partial charge on any atom is -0.368 e. The van der Waals surface area contributed by atoms with E-state index in [1.807, 2.05) is 24.5 Å². The fourth-order valence-corrected chi connectivity index (χ4v) is 4.28. The van der Waals surface area contributed by atoms with Crippen LogP contribution in [0.15, 0.2) is 36.7 Å². The number of carbonyl (C=O) groups excluding carboxylic acids is 1. The van der Waals surface area contributed by atoms with Gasteiger partial charge < -0.3 is 5.73 Å². The van der Waals surface area contributed by atoms with Crippen LogP contribution in [0.4, 0.5) is 0 Å². The van der Waals surface area contributed by atoms with Gasteiger partial charge in [-0.3, -0.25) is 9.69 Å². The van der Waals surface area contributed by atoms with Gasteiger partial charge in [-0.1, -0.05) is 43.5 Å². The third-order valence-corrected chi connectivity index (χ3v) is 5.76. The fourth-order valence-electron chi connectivity index (χ4n) is 4.28. The number of hydrogen-bond donors (Lipinski definition) is 1. The predicted octanol–water partition coefficient (Wildman–Crippen LogP) is 2.94. The summed E-state index contributed by atoms with van der Waals surface area (Å²) in [6.07, 6.45) is 10.8. The molecule has 0 spiro atoms. The summed E-state index contributed by atoms with van der Waals surface area (Å²) in [5, 5.41) is 0. The highest BCUT2D eigenvalue weighted by Gasteiger charge is 2.30. The minimum atomic E-state index is -0.275. The van der Waals surface area contributed by atoms with Crippen molar-refractivity contribution in [2.75, 3.05) is 0 Å². The highest BCUT2D eigenvalue weighted by Crippen LogP contribution is 2.30. The lowest BCUT2D eigenvalue weighted by atomic mass is 9.89. The molecule has 2 N–H and O–H groups in total. The van der Waals surface area contributed by atoms with Crippen molar-refractivity contribution in [3.63, 3.8) is 0 Å². The summed E-state index contributed by atoms with van der Waals surface area (Å²) in [5.74, 6) is 1.22. The fraction of sp³-hybridized carbons (Fsp3) is 0.476. The van der Waals surface area contributed by atoms with Gasteiger partial charge in [-0.15, -0.1) is 0 Å². The molecule has 5 nitrogen and oxygen atoms in total. The zero-order chi connectivity index (χ0) is 17.9. The van der Waals surface area contributed by atoms with Gasteiger partial charge in [0.1, 0.15) is 5.82 Å². The van der Waals surface area contributed by atoms with E-state index in [0.29, 0.717) is 18.9 Å². The first kappa shape index (κ1) is 17.2. The molecule has 2 aliphatic rings. The minimum absolute atomic E-state index is 0.265. The van der Waals surface area contributed by atoms with Crippen molar-refractivity contribution in [1.82, 2.24) is 14.9 Å². The molecule has 0 bridgehead atoms. The number of rotatable bonds is 4. The van der Waals surface area contributed by atoms with Crippen LogP contribution in [-0.2, 0) is 24.3 Å². The third kappa shape index (κ3) is 3.63. The van der Waals surface area contributed by atoms with Crippen LogP contribution in [0.25, 0.3) is 0 Å². The molecule has 1 amide bonds. The zero-order valence-corrected chi connectivity index (χ0v) is 15.1. The van der Waals surface area contributed by atoms with Crippen LogP contribution in [0.1, 0.15) is 60.5 Å². The molecule has 26 heavy (non-hydrogen) atoms. The van der Waals surface area contributed by atoms with E-state index in [4.69, 9.17) is 5.73 Å². The molecule has 1 fully saturated rings. The van der Waals surface area contributed by atoms with E-state index in [9.17, 15) is 4.79 Å². The van der Waals surface area contributed by atoms with E-state index < -0.39 is 0 Å². The van der Waals surface area contributed by atoms with E-state index in [1.165, 1.54) is 43.2 Å². The van der Waals surface area contributed by atoms with E-state index in [-0.39, 0.29) is 11.9 Å². The Balaban J connectivity index is 1.49. The number of amides is 1. The highest BCUT2D eigenvalue weighted by atomic mass is 16.1. The second kappa shape index (κ2) is 7.54. The molecule has 0 saturated heterocycles. The van der Waals surface area contributed by atoms with Crippen LogP contribution in [0.3, 0.4) is 0 Å². The SMILES string of the molecule is NC(=O)[C@H]1Cc2ccccc2CN1Cc1cnc(C2CCCCC2)nc1. The van der Waals surface area contributed by atoms with Gasteiger partial charge in [0.25, 0.3) is 0 Å². The van der Waals surface area contributed by atoms with Crippen LogP contribution in [0.5, 0.6) is 0 Å². The largest absolute Gasteiger partial charge is 0.368 e. The van der Waals surface area contributed by atoms with Crippen molar-refractivity contribution >= 4 is 5.91 Å². The summed E-state index contributed by atoms with van der Waals surface area (Å²) in [6.45, 7) is 1.38. The summed E-state index contributed by atoms with van der Waals surface area (Å²) < 4.78 is 0. The zero-order valence-electron chi connectivity index (χ0n) is 15.1. The predicted molar refractivity (Wildman–Crippen MR) is 100 cm³/mol. The van der Waals surface area contributed by atoms with Crippen molar-refractivity contribution in [3.05, 3.63) is 59.2 Å². The number of benzene rings is 1. The monoisotopic (exact) mass is 350 g/mol. The Morgan fingerprint density at radius 3 is 2.46 bits per heavy atom. The molecule has 0 radical (unpaired) electrons. The summed E-state index contributed by atoms with van der Waals surface area (Å²) in [6, 6.07) is 8.00. The maximum absolute atomic E-state index is 12.0. The van der Waals surface area contributed by atoms with Crippen molar-refractivity contribution in [2.24, 2.45) is 5.73 Å². The molecule has 0 unspecified atom stereocenters. The Labute approximate surface area is 154 Å². The lowest BCUT2D eigenvalue weighted by Crippen LogP contribution is -2.48. The Morgan fingerprint density at radius 2 is 1.77 bits per heavy atom. The second-order valence-electron chi connectivity index (χ2n) is 7.58. The van der Waals surface area contributed by atoms with Crippen molar-refractivity contribution in [2.45, 2.75) is 63.6 Å². The second-order valence-corrected chi connectivity index (χ2v) is 7.58. The molecule has 2 aromatic rings. The third-order valence-electron chi connectivity index (χ3n) is 5.76. The molecule has 1 aliphatic carbocycles. The topological polar surface area (TPSA) is 72.1 Å². The van der Waals surface area contributed by atoms with Crippen molar-refractivity contribution < 1.29 is 4.79 Å². The van der Waals surface area contributed by atoms with Crippen LogP contribution >= 0.6 is 0 Å². The summed E-state index contributed by atoms with van der Waals surface area (Å²) >= 11 is 0. The number of fused-ring (bicyclic) bond motifs is 1. The number of primary amides is 1. The first-order valence-electron chi connectivity index (χ1n) is 9.61. The lowest BCUT2D eigenvalue weighted by molar-refractivity contribution is -0.124. The number of nitrogens with two attached hydrogens (primary N) is 1. The van der Waals surface area contributed by atoms with Crippen LogP contribution in [0, 0.1) is 0 Å². The normalized spacial score (nSPS) is 21.3. The smallest absolute Gasteiger partial charge is 0.235 e. The number of nitrogens with zero attached hydrogens (tertiary/aromatic N) is 3.